The van der Waals surface area contributed by atoms with Gasteiger partial charge in [0.25, 0.3) is 0 Å². The predicted octanol–water partition coefficient (Wildman–Crippen LogP) is -0.679. The molecule has 3 N–H and O–H groups in total. The summed E-state index contributed by atoms with van der Waals surface area (Å²) in [6.45, 7) is 4.95. The number of H-pyrrole nitrogens is 1. The first-order valence-electron chi connectivity index (χ1n) is 6.01. The summed E-state index contributed by atoms with van der Waals surface area (Å²) >= 11 is 0. The lowest BCUT2D eigenvalue weighted by molar-refractivity contribution is -0.122. The topological polar surface area (TPSA) is 73.1 Å². The van der Waals surface area contributed by atoms with Crippen molar-refractivity contribution in [1.29, 1.82) is 0 Å². The summed E-state index contributed by atoms with van der Waals surface area (Å²) in [7, 11) is 0. The zero-order valence-corrected chi connectivity index (χ0v) is 9.91. The number of aromatic amines is 1. The number of nitrogens with one attached hydrogen (secondary N) is 3. The Hall–Kier alpha value is -1.40. The molecule has 0 unspecified atom stereocenters. The van der Waals surface area contributed by atoms with Gasteiger partial charge in [-0.2, -0.15) is 0 Å². The molecule has 17 heavy (non-hydrogen) atoms. The first-order valence-corrected chi connectivity index (χ1v) is 6.01. The minimum Gasteiger partial charge on any atom is -0.349 e. The van der Waals surface area contributed by atoms with Gasteiger partial charge in [-0.25, -0.2) is 4.98 Å². The Kier molecular flexibility index (Phi) is 4.52. The second kappa shape index (κ2) is 6.36. The highest BCUT2D eigenvalue weighted by atomic mass is 16.2. The van der Waals surface area contributed by atoms with Gasteiger partial charge in [0, 0.05) is 19.3 Å². The third-order valence-corrected chi connectivity index (χ3v) is 2.83. The van der Waals surface area contributed by atoms with Crippen molar-refractivity contribution in [2.45, 2.75) is 13.0 Å². The minimum absolute atomic E-state index is 0.0708. The number of aromatic nitrogens is 2. The first kappa shape index (κ1) is 12.1. The monoisotopic (exact) mass is 237 g/mol. The number of imidazole rings is 1. The van der Waals surface area contributed by atoms with E-state index in [-0.39, 0.29) is 5.91 Å². The lowest BCUT2D eigenvalue weighted by atomic mass is 10.3. The average molecular weight is 237 g/mol. The molecule has 0 saturated carbocycles. The zero-order chi connectivity index (χ0) is 11.9. The Bertz CT molecular complexity index is 330. The van der Waals surface area contributed by atoms with Crippen molar-refractivity contribution in [2.24, 2.45) is 0 Å². The van der Waals surface area contributed by atoms with E-state index >= 15 is 0 Å². The average Bonchev–Trinajstić information content (AvgIpc) is 2.72. The lowest BCUT2D eigenvalue weighted by Gasteiger charge is -2.18. The van der Waals surface area contributed by atoms with E-state index in [9.17, 15) is 4.79 Å². The molecule has 1 aromatic rings. The third kappa shape index (κ3) is 4.16. The number of hydrogen-bond donors (Lipinski definition) is 3. The van der Waals surface area contributed by atoms with Gasteiger partial charge < -0.3 is 15.6 Å². The number of hydrogen-bond acceptors (Lipinski definition) is 4. The highest BCUT2D eigenvalue weighted by molar-refractivity contribution is 5.77. The van der Waals surface area contributed by atoms with Crippen molar-refractivity contribution in [2.75, 3.05) is 32.7 Å². The maximum absolute atomic E-state index is 11.7. The van der Waals surface area contributed by atoms with Crippen LogP contribution in [0.1, 0.15) is 12.1 Å². The van der Waals surface area contributed by atoms with E-state index in [1.54, 1.807) is 12.5 Å². The fraction of sp³-hybridized carbons (Fsp3) is 0.636. The predicted molar refractivity (Wildman–Crippen MR) is 64.4 cm³/mol. The second-order valence-corrected chi connectivity index (χ2v) is 4.23. The molecule has 6 nitrogen and oxygen atoms in total. The molecule has 0 bridgehead atoms. The van der Waals surface area contributed by atoms with Gasteiger partial charge in [0.1, 0.15) is 0 Å². The summed E-state index contributed by atoms with van der Waals surface area (Å²) in [5, 5.41) is 6.20. The van der Waals surface area contributed by atoms with Crippen LogP contribution in [0.4, 0.5) is 0 Å². The molecule has 1 fully saturated rings. The van der Waals surface area contributed by atoms with Gasteiger partial charge in [-0.05, 0) is 19.5 Å². The molecule has 2 rings (SSSR count). The highest BCUT2D eigenvalue weighted by Crippen LogP contribution is 1.95. The number of nitrogens with zero attached hydrogens (tertiary/aromatic N) is 2. The van der Waals surface area contributed by atoms with Crippen LogP contribution in [0.25, 0.3) is 0 Å². The SMILES string of the molecule is O=C(CN1CCCNCC1)NCc1cnc[nH]1. The number of carbonyl (C=O) groups is 1. The van der Waals surface area contributed by atoms with Crippen LogP contribution in [0.15, 0.2) is 12.5 Å². The number of amides is 1. The standard InChI is InChI=1S/C11H19N5O/c17-11(14-7-10-6-13-9-15-10)8-16-4-1-2-12-3-5-16/h6,9,12H,1-5,7-8H2,(H,13,15)(H,14,17). The van der Waals surface area contributed by atoms with Crippen LogP contribution < -0.4 is 10.6 Å². The maximum Gasteiger partial charge on any atom is 0.234 e. The number of rotatable bonds is 4. The van der Waals surface area contributed by atoms with E-state index in [1.165, 1.54) is 0 Å². The number of carbonyl (C=O) groups excluding carboxylic acids is 1. The summed E-state index contributed by atoms with van der Waals surface area (Å²) in [4.78, 5) is 20.8. The van der Waals surface area contributed by atoms with E-state index in [1.807, 2.05) is 0 Å². The molecule has 0 aromatic carbocycles. The molecule has 0 spiro atoms. The van der Waals surface area contributed by atoms with Crippen molar-refractivity contribution >= 4 is 5.91 Å². The van der Waals surface area contributed by atoms with Crippen molar-refractivity contribution in [3.63, 3.8) is 0 Å². The van der Waals surface area contributed by atoms with Gasteiger partial charge in [0.05, 0.1) is 25.1 Å². The summed E-state index contributed by atoms with van der Waals surface area (Å²) in [5.41, 5.74) is 0.927. The Morgan fingerprint density at radius 3 is 3.24 bits per heavy atom. The second-order valence-electron chi connectivity index (χ2n) is 4.23. The Balaban J connectivity index is 1.69. The Morgan fingerprint density at radius 1 is 1.47 bits per heavy atom. The summed E-state index contributed by atoms with van der Waals surface area (Å²) in [6, 6.07) is 0. The van der Waals surface area contributed by atoms with Crippen LogP contribution in [0, 0.1) is 0 Å². The maximum atomic E-state index is 11.7. The van der Waals surface area contributed by atoms with Gasteiger partial charge in [-0.1, -0.05) is 0 Å². The summed E-state index contributed by atoms with van der Waals surface area (Å²) in [6.07, 6.45) is 4.44. The van der Waals surface area contributed by atoms with Gasteiger partial charge in [-0.15, -0.1) is 0 Å². The molecule has 2 heterocycles. The molecule has 0 radical (unpaired) electrons. The molecule has 1 aliphatic rings. The van der Waals surface area contributed by atoms with Gasteiger partial charge in [-0.3, -0.25) is 9.69 Å². The van der Waals surface area contributed by atoms with E-state index in [0.29, 0.717) is 13.1 Å². The summed E-state index contributed by atoms with van der Waals surface area (Å²) < 4.78 is 0. The molecular weight excluding hydrogens is 218 g/mol. The molecule has 1 saturated heterocycles. The van der Waals surface area contributed by atoms with Gasteiger partial charge >= 0.3 is 0 Å². The van der Waals surface area contributed by atoms with Crippen LogP contribution in [0.5, 0.6) is 0 Å². The molecule has 0 atom stereocenters. The van der Waals surface area contributed by atoms with Crippen LogP contribution in [-0.4, -0.2) is 53.5 Å². The smallest absolute Gasteiger partial charge is 0.234 e. The van der Waals surface area contributed by atoms with Crippen molar-refractivity contribution in [3.8, 4) is 0 Å². The minimum atomic E-state index is 0.0708. The lowest BCUT2D eigenvalue weighted by Crippen LogP contribution is -2.38. The molecule has 94 valence electrons. The van der Waals surface area contributed by atoms with Gasteiger partial charge in [0.2, 0.25) is 5.91 Å². The largest absolute Gasteiger partial charge is 0.349 e. The molecule has 6 heteroatoms. The van der Waals surface area contributed by atoms with E-state index in [4.69, 9.17) is 0 Å². The third-order valence-electron chi connectivity index (χ3n) is 2.83. The molecule has 0 aliphatic carbocycles. The van der Waals surface area contributed by atoms with Crippen molar-refractivity contribution < 1.29 is 4.79 Å². The fourth-order valence-electron chi connectivity index (χ4n) is 1.89. The van der Waals surface area contributed by atoms with Crippen molar-refractivity contribution in [1.82, 2.24) is 25.5 Å². The molecule has 1 aliphatic heterocycles. The van der Waals surface area contributed by atoms with Crippen LogP contribution in [0.3, 0.4) is 0 Å². The van der Waals surface area contributed by atoms with Gasteiger partial charge in [0.15, 0.2) is 0 Å². The van der Waals surface area contributed by atoms with Crippen LogP contribution in [0.2, 0.25) is 0 Å². The molecular formula is C11H19N5O. The first-order chi connectivity index (χ1) is 8.34. The summed E-state index contributed by atoms with van der Waals surface area (Å²) in [5.74, 6) is 0.0708. The highest BCUT2D eigenvalue weighted by Gasteiger charge is 2.12. The molecule has 1 aromatic heterocycles. The Morgan fingerprint density at radius 2 is 2.41 bits per heavy atom. The van der Waals surface area contributed by atoms with Crippen molar-refractivity contribution in [3.05, 3.63) is 18.2 Å². The molecule has 1 amide bonds. The zero-order valence-electron chi connectivity index (χ0n) is 9.91. The normalized spacial score (nSPS) is 17.6. The van der Waals surface area contributed by atoms with E-state index in [2.05, 4.69) is 25.5 Å². The van der Waals surface area contributed by atoms with E-state index < -0.39 is 0 Å². The van der Waals surface area contributed by atoms with E-state index in [0.717, 1.165) is 38.3 Å². The van der Waals surface area contributed by atoms with Crippen LogP contribution >= 0.6 is 0 Å². The quantitative estimate of drug-likeness (QED) is 0.649. The Labute approximate surface area is 101 Å². The van der Waals surface area contributed by atoms with Crippen LogP contribution in [-0.2, 0) is 11.3 Å². The fourth-order valence-corrected chi connectivity index (χ4v) is 1.89.